The Bertz CT molecular complexity index is 1450. The van der Waals surface area contributed by atoms with Crippen LogP contribution in [0.2, 0.25) is 0 Å². The third-order valence-electron chi connectivity index (χ3n) is 7.29. The van der Waals surface area contributed by atoms with Gasteiger partial charge in [0, 0.05) is 19.4 Å². The lowest BCUT2D eigenvalue weighted by atomic mass is 10.0. The van der Waals surface area contributed by atoms with Crippen molar-refractivity contribution in [1.82, 2.24) is 20.9 Å². The number of ether oxygens (including phenoxy) is 1. The molecule has 13 nitrogen and oxygen atoms in total. The van der Waals surface area contributed by atoms with Crippen molar-refractivity contribution in [3.05, 3.63) is 108 Å². The van der Waals surface area contributed by atoms with E-state index in [0.29, 0.717) is 19.4 Å². The molecule has 0 aliphatic carbocycles. The fourth-order valence-electron chi connectivity index (χ4n) is 5.01. The van der Waals surface area contributed by atoms with Gasteiger partial charge in [0.25, 0.3) is 0 Å². The minimum Gasteiger partial charge on any atom is -0.480 e. The summed E-state index contributed by atoms with van der Waals surface area (Å²) in [4.78, 5) is 65.4. The second-order valence-electron chi connectivity index (χ2n) is 10.6. The Morgan fingerprint density at radius 3 is 1.83 bits per heavy atom. The van der Waals surface area contributed by atoms with Crippen molar-refractivity contribution >= 4 is 37.5 Å². The first-order valence-corrected chi connectivity index (χ1v) is 15.0. The van der Waals surface area contributed by atoms with Gasteiger partial charge in [0.05, 0.1) is 0 Å². The molecule has 0 spiro atoms. The van der Waals surface area contributed by atoms with Gasteiger partial charge < -0.3 is 40.7 Å². The lowest BCUT2D eigenvalue weighted by Crippen LogP contribution is -2.56. The van der Waals surface area contributed by atoms with Gasteiger partial charge in [-0.2, -0.15) is 0 Å². The van der Waals surface area contributed by atoms with E-state index in [0.717, 1.165) is 16.7 Å². The number of hydrogen-bond donors (Lipinski definition) is 6. The highest BCUT2D eigenvalue weighted by Crippen LogP contribution is 2.18. The number of hydrogen-bond acceptors (Lipinski definition) is 8. The van der Waals surface area contributed by atoms with E-state index in [1.165, 1.54) is 4.90 Å². The predicted molar refractivity (Wildman–Crippen MR) is 171 cm³/mol. The van der Waals surface area contributed by atoms with Gasteiger partial charge in [-0.25, -0.2) is 9.59 Å². The van der Waals surface area contributed by atoms with Crippen LogP contribution in [0, 0.1) is 0 Å². The van der Waals surface area contributed by atoms with Gasteiger partial charge in [-0.3, -0.25) is 14.4 Å². The second-order valence-corrected chi connectivity index (χ2v) is 10.6. The standard InChI is InChI=1S/C33H36N4O7.BH2O2/c38-29(21-34-33(43)44-22-25-15-8-3-9-16-25)37-18-10-17-28(37)31(40)35-26(19-23-11-4-1-5-12-23)30(39)36-27(32(41)42)20-24-13-6-2-7-14-24;2-1-3/h1-9,11-16,26-28H,10,17-22H2,(H,34,43)(H,35,40)(H,36,39)(H,41,42);2-3H/t26-,27-,28-;/m0./s1. The van der Waals surface area contributed by atoms with E-state index < -0.39 is 47.9 Å². The quantitative estimate of drug-likeness (QED) is 0.147. The lowest BCUT2D eigenvalue weighted by molar-refractivity contribution is -0.142. The molecule has 0 aromatic heterocycles. The molecule has 1 fully saturated rings. The lowest BCUT2D eigenvalue weighted by Gasteiger charge is -2.27. The molecule has 1 aliphatic heterocycles. The Morgan fingerprint density at radius 1 is 0.787 bits per heavy atom. The molecule has 4 rings (SSSR count). The third-order valence-corrected chi connectivity index (χ3v) is 7.29. The minimum absolute atomic E-state index is 0. The normalized spacial score (nSPS) is 14.8. The molecule has 0 unspecified atom stereocenters. The van der Waals surface area contributed by atoms with Gasteiger partial charge in [0.1, 0.15) is 31.3 Å². The Balaban J connectivity index is 0.00000192. The summed E-state index contributed by atoms with van der Waals surface area (Å²) in [6, 6.07) is 23.9. The number of rotatable bonds is 13. The van der Waals surface area contributed by atoms with Crippen LogP contribution in [0.1, 0.15) is 29.5 Å². The topological polar surface area (TPSA) is 195 Å². The number of amides is 4. The number of nitrogens with one attached hydrogen (secondary N) is 3. The zero-order valence-electron chi connectivity index (χ0n) is 25.7. The fourth-order valence-corrected chi connectivity index (χ4v) is 5.01. The molecule has 247 valence electrons. The highest BCUT2D eigenvalue weighted by atomic mass is 16.5. The zero-order chi connectivity index (χ0) is 34.0. The van der Waals surface area contributed by atoms with E-state index in [-0.39, 0.29) is 33.7 Å². The number of carbonyl (C=O) groups excluding carboxylic acids is 4. The van der Waals surface area contributed by atoms with Gasteiger partial charge in [-0.15, -0.1) is 0 Å². The summed E-state index contributed by atoms with van der Waals surface area (Å²) in [5, 5.41) is 31.6. The van der Waals surface area contributed by atoms with Gasteiger partial charge in [0.15, 0.2) is 0 Å². The zero-order valence-corrected chi connectivity index (χ0v) is 25.7. The van der Waals surface area contributed by atoms with E-state index in [9.17, 15) is 29.1 Å². The Morgan fingerprint density at radius 2 is 1.30 bits per heavy atom. The van der Waals surface area contributed by atoms with Crippen LogP contribution in [0.3, 0.4) is 0 Å². The molecule has 1 aliphatic rings. The van der Waals surface area contributed by atoms with Gasteiger partial charge in [-0.1, -0.05) is 91.0 Å². The number of alkyl carbamates (subject to hydrolysis) is 1. The molecule has 0 saturated carbocycles. The van der Waals surface area contributed by atoms with Crippen LogP contribution < -0.4 is 16.0 Å². The summed E-state index contributed by atoms with van der Waals surface area (Å²) in [5.74, 6) is -2.84. The van der Waals surface area contributed by atoms with E-state index in [1.54, 1.807) is 48.5 Å². The van der Waals surface area contributed by atoms with Crippen molar-refractivity contribution in [1.29, 1.82) is 0 Å². The number of nitrogens with zero attached hydrogens (tertiary/aromatic N) is 1. The first kappa shape index (κ1) is 36.3. The van der Waals surface area contributed by atoms with Crippen molar-refractivity contribution in [3.8, 4) is 0 Å². The van der Waals surface area contributed by atoms with Crippen LogP contribution in [0.25, 0.3) is 0 Å². The molecule has 1 heterocycles. The maximum absolute atomic E-state index is 13.5. The van der Waals surface area contributed by atoms with Crippen molar-refractivity contribution in [2.75, 3.05) is 13.1 Å². The smallest absolute Gasteiger partial charge is 0.480 e. The molecular weight excluding hydrogens is 607 g/mol. The monoisotopic (exact) mass is 645 g/mol. The van der Waals surface area contributed by atoms with E-state index in [1.807, 2.05) is 42.5 Å². The largest absolute Gasteiger partial charge is 0.482 e. The molecular formula is C33H38BN4O9. The SMILES string of the molecule is O=C(NCC(=O)N1CCC[C@H]1C(=O)N[C@@H](Cc1ccccc1)C(=O)N[C@@H](Cc1ccccc1)C(=O)O)OCc1ccccc1.O[B]O. The summed E-state index contributed by atoms with van der Waals surface area (Å²) in [7, 11) is 0. The maximum atomic E-state index is 13.5. The van der Waals surface area contributed by atoms with E-state index in [4.69, 9.17) is 14.8 Å². The van der Waals surface area contributed by atoms with Gasteiger partial charge >= 0.3 is 19.7 Å². The Labute approximate surface area is 273 Å². The highest BCUT2D eigenvalue weighted by Gasteiger charge is 2.36. The van der Waals surface area contributed by atoms with E-state index in [2.05, 4.69) is 16.0 Å². The molecule has 1 radical (unpaired) electrons. The molecule has 3 aromatic carbocycles. The van der Waals surface area contributed by atoms with Crippen molar-refractivity contribution in [2.45, 2.75) is 50.4 Å². The summed E-state index contributed by atoms with van der Waals surface area (Å²) in [5.41, 5.74) is 2.30. The molecule has 14 heteroatoms. The van der Waals surface area contributed by atoms with Crippen LogP contribution in [-0.4, -0.2) is 88.7 Å². The molecule has 4 amide bonds. The van der Waals surface area contributed by atoms with E-state index >= 15 is 0 Å². The van der Waals surface area contributed by atoms with Crippen LogP contribution in [0.5, 0.6) is 0 Å². The summed E-state index contributed by atoms with van der Waals surface area (Å²) in [6.07, 6.45) is 0.369. The number of aliphatic carboxylic acids is 1. The number of likely N-dealkylation sites (tertiary alicyclic amines) is 1. The number of benzene rings is 3. The second kappa shape index (κ2) is 19.3. The average molecular weight is 645 g/mol. The molecule has 0 bridgehead atoms. The maximum Gasteiger partial charge on any atom is 0.482 e. The molecule has 3 aromatic rings. The van der Waals surface area contributed by atoms with Crippen molar-refractivity contribution in [3.63, 3.8) is 0 Å². The Kier molecular flexibility index (Phi) is 14.9. The molecule has 47 heavy (non-hydrogen) atoms. The summed E-state index contributed by atoms with van der Waals surface area (Å²) >= 11 is 0. The number of carboxylic acid groups (broad SMARTS) is 1. The predicted octanol–water partition coefficient (Wildman–Crippen LogP) is 0.949. The number of carboxylic acids is 1. The third kappa shape index (κ3) is 12.3. The van der Waals surface area contributed by atoms with Crippen LogP contribution >= 0.6 is 0 Å². The van der Waals surface area contributed by atoms with Gasteiger partial charge in [-0.05, 0) is 29.5 Å². The molecule has 3 atom stereocenters. The molecule has 1 saturated heterocycles. The van der Waals surface area contributed by atoms with Crippen LogP contribution in [-0.2, 0) is 43.4 Å². The molecule has 6 N–H and O–H groups in total. The fraction of sp³-hybridized carbons (Fsp3) is 0.303. The van der Waals surface area contributed by atoms with Crippen molar-refractivity contribution < 1.29 is 43.9 Å². The average Bonchev–Trinajstić information content (AvgIpc) is 3.58. The van der Waals surface area contributed by atoms with Crippen LogP contribution in [0.4, 0.5) is 4.79 Å². The highest BCUT2D eigenvalue weighted by molar-refractivity contribution is 6.13. The Hall–Kier alpha value is -5.21. The van der Waals surface area contributed by atoms with Crippen molar-refractivity contribution in [2.24, 2.45) is 0 Å². The minimum atomic E-state index is -1.21. The number of carbonyl (C=O) groups is 5. The van der Waals surface area contributed by atoms with Crippen LogP contribution in [0.15, 0.2) is 91.0 Å². The summed E-state index contributed by atoms with van der Waals surface area (Å²) in [6.45, 7) is 0.00501. The summed E-state index contributed by atoms with van der Waals surface area (Å²) < 4.78 is 5.15. The first-order chi connectivity index (χ1) is 22.7. The van der Waals surface area contributed by atoms with Gasteiger partial charge in [0.2, 0.25) is 17.7 Å². The first-order valence-electron chi connectivity index (χ1n) is 15.0.